The molecular weight excluding hydrogens is 267 g/mol. The predicted molar refractivity (Wildman–Crippen MR) is 71.1 cm³/mol. The third-order valence-corrected chi connectivity index (χ3v) is 3.05. The Morgan fingerprint density at radius 1 is 1.55 bits per heavy atom. The second-order valence-corrected chi connectivity index (χ2v) is 4.94. The molecule has 0 radical (unpaired) electrons. The Balaban J connectivity index is 1.75. The summed E-state index contributed by atoms with van der Waals surface area (Å²) in [4.78, 5) is 9.81. The minimum absolute atomic E-state index is 0.122. The van der Waals surface area contributed by atoms with Gasteiger partial charge in [0.2, 0.25) is 0 Å². The number of hydrogen-bond acceptors (Lipinski definition) is 5. The summed E-state index contributed by atoms with van der Waals surface area (Å²) in [6, 6.07) is 3.34. The highest BCUT2D eigenvalue weighted by Gasteiger charge is 2.21. The molecule has 0 amide bonds. The molecule has 0 aromatic heterocycles. The molecule has 20 heavy (non-hydrogen) atoms. The zero-order valence-corrected chi connectivity index (χ0v) is 10.9. The van der Waals surface area contributed by atoms with E-state index in [0.29, 0.717) is 12.5 Å². The van der Waals surface area contributed by atoms with Gasteiger partial charge >= 0.3 is 0 Å². The lowest BCUT2D eigenvalue weighted by Gasteiger charge is -2.13. The molecule has 0 spiro atoms. The molecule has 2 N–H and O–H groups in total. The largest absolute Gasteiger partial charge is 0.389 e. The molecular formula is C13H17FN2O4. The summed E-state index contributed by atoms with van der Waals surface area (Å²) < 4.78 is 18.9. The first-order valence-electron chi connectivity index (χ1n) is 6.50. The zero-order chi connectivity index (χ0) is 14.5. The lowest BCUT2D eigenvalue weighted by Crippen LogP contribution is -2.25. The van der Waals surface area contributed by atoms with Gasteiger partial charge in [0.25, 0.3) is 5.69 Å². The standard InChI is InChI=1S/C13H17FN2O4/c14-12-5-10(16(18)19)3-4-13(12)15-6-11(17)8-20-7-9-1-2-9/h3-5,9,11,15,17H,1-2,6-8H2/t11-/m0/s1. The predicted octanol–water partition coefficient (Wildman–Crippen LogP) is 1.93. The Morgan fingerprint density at radius 3 is 2.90 bits per heavy atom. The van der Waals surface area contributed by atoms with Gasteiger partial charge in [-0.05, 0) is 24.8 Å². The first-order valence-corrected chi connectivity index (χ1v) is 6.50. The van der Waals surface area contributed by atoms with Gasteiger partial charge in [-0.3, -0.25) is 10.1 Å². The van der Waals surface area contributed by atoms with Crippen molar-refractivity contribution in [1.82, 2.24) is 0 Å². The second kappa shape index (κ2) is 6.62. The summed E-state index contributed by atoms with van der Waals surface area (Å²) in [5.74, 6) is -0.0902. The van der Waals surface area contributed by atoms with Gasteiger partial charge in [-0.1, -0.05) is 0 Å². The van der Waals surface area contributed by atoms with Crippen molar-refractivity contribution in [2.45, 2.75) is 18.9 Å². The van der Waals surface area contributed by atoms with Crippen LogP contribution in [-0.2, 0) is 4.74 Å². The van der Waals surface area contributed by atoms with Crippen LogP contribution in [0, 0.1) is 21.8 Å². The van der Waals surface area contributed by atoms with Gasteiger partial charge in [0.05, 0.1) is 29.4 Å². The number of aliphatic hydroxyl groups is 1. The Kier molecular flexibility index (Phi) is 4.86. The van der Waals surface area contributed by atoms with Gasteiger partial charge in [0, 0.05) is 19.2 Å². The van der Waals surface area contributed by atoms with Gasteiger partial charge in [-0.25, -0.2) is 4.39 Å². The molecule has 1 aromatic carbocycles. The molecule has 0 bridgehead atoms. The van der Waals surface area contributed by atoms with E-state index >= 15 is 0 Å². The number of nitro benzene ring substituents is 1. The summed E-state index contributed by atoms with van der Waals surface area (Å²) in [5, 5.41) is 22.8. The van der Waals surface area contributed by atoms with Crippen LogP contribution in [0.4, 0.5) is 15.8 Å². The van der Waals surface area contributed by atoms with Crippen molar-refractivity contribution < 1.29 is 19.2 Å². The SMILES string of the molecule is O=[N+]([O-])c1ccc(NC[C@H](O)COCC2CC2)c(F)c1. The van der Waals surface area contributed by atoms with E-state index in [4.69, 9.17) is 4.74 Å². The molecule has 1 aromatic rings. The number of nitro groups is 1. The highest BCUT2D eigenvalue weighted by atomic mass is 19.1. The van der Waals surface area contributed by atoms with Crippen LogP contribution in [0.25, 0.3) is 0 Å². The highest BCUT2D eigenvalue weighted by molar-refractivity contribution is 5.50. The van der Waals surface area contributed by atoms with Gasteiger partial charge in [0.15, 0.2) is 5.82 Å². The third-order valence-electron chi connectivity index (χ3n) is 3.05. The zero-order valence-electron chi connectivity index (χ0n) is 10.9. The first-order chi connectivity index (χ1) is 9.56. The molecule has 6 nitrogen and oxygen atoms in total. The fourth-order valence-electron chi connectivity index (χ4n) is 1.70. The van der Waals surface area contributed by atoms with E-state index in [1.54, 1.807) is 0 Å². The molecule has 0 saturated heterocycles. The van der Waals surface area contributed by atoms with Crippen LogP contribution in [0.1, 0.15) is 12.8 Å². The van der Waals surface area contributed by atoms with Gasteiger partial charge in [-0.2, -0.15) is 0 Å². The summed E-state index contributed by atoms with van der Waals surface area (Å²) in [7, 11) is 0. The number of non-ortho nitro benzene ring substituents is 1. The molecule has 2 rings (SSSR count). The van der Waals surface area contributed by atoms with E-state index in [-0.39, 0.29) is 24.5 Å². The maximum Gasteiger partial charge on any atom is 0.272 e. The summed E-state index contributed by atoms with van der Waals surface area (Å²) in [6.07, 6.45) is 1.62. The Hall–Kier alpha value is -1.73. The summed E-state index contributed by atoms with van der Waals surface area (Å²) in [6.45, 7) is 0.973. The average Bonchev–Trinajstić information content (AvgIpc) is 3.21. The molecule has 110 valence electrons. The van der Waals surface area contributed by atoms with Crippen LogP contribution in [0.5, 0.6) is 0 Å². The minimum atomic E-state index is -0.747. The molecule has 0 aliphatic heterocycles. The Labute approximate surface area is 115 Å². The quantitative estimate of drug-likeness (QED) is 0.563. The van der Waals surface area contributed by atoms with Crippen molar-refractivity contribution in [2.24, 2.45) is 5.92 Å². The first kappa shape index (κ1) is 14.7. The normalized spacial score (nSPS) is 15.9. The molecule has 1 atom stereocenters. The van der Waals surface area contributed by atoms with Crippen LogP contribution < -0.4 is 5.32 Å². The number of ether oxygens (including phenoxy) is 1. The van der Waals surface area contributed by atoms with E-state index in [1.807, 2.05) is 0 Å². The molecule has 7 heteroatoms. The lowest BCUT2D eigenvalue weighted by molar-refractivity contribution is -0.385. The van der Waals surface area contributed by atoms with Crippen molar-refractivity contribution in [1.29, 1.82) is 0 Å². The number of aliphatic hydroxyl groups excluding tert-OH is 1. The van der Waals surface area contributed by atoms with Crippen LogP contribution in [-0.4, -0.2) is 35.9 Å². The van der Waals surface area contributed by atoms with Crippen LogP contribution in [0.15, 0.2) is 18.2 Å². The van der Waals surface area contributed by atoms with Gasteiger partial charge < -0.3 is 15.2 Å². The average molecular weight is 284 g/mol. The van der Waals surface area contributed by atoms with Gasteiger partial charge in [0.1, 0.15) is 0 Å². The number of halogens is 1. The number of nitrogens with zero attached hydrogens (tertiary/aromatic N) is 1. The Morgan fingerprint density at radius 2 is 2.30 bits per heavy atom. The smallest absolute Gasteiger partial charge is 0.272 e. The van der Waals surface area contributed by atoms with Gasteiger partial charge in [-0.15, -0.1) is 0 Å². The molecule has 1 saturated carbocycles. The monoisotopic (exact) mass is 284 g/mol. The van der Waals surface area contributed by atoms with E-state index in [0.717, 1.165) is 6.07 Å². The molecule has 1 fully saturated rings. The Bertz CT molecular complexity index is 479. The van der Waals surface area contributed by atoms with Crippen LogP contribution in [0.3, 0.4) is 0 Å². The highest BCUT2D eigenvalue weighted by Crippen LogP contribution is 2.28. The number of anilines is 1. The molecule has 0 unspecified atom stereocenters. The van der Waals surface area contributed by atoms with E-state index < -0.39 is 16.8 Å². The number of rotatable bonds is 8. The number of hydrogen-bond donors (Lipinski definition) is 2. The van der Waals surface area contributed by atoms with E-state index in [2.05, 4.69) is 5.32 Å². The van der Waals surface area contributed by atoms with Crippen molar-refractivity contribution >= 4 is 11.4 Å². The van der Waals surface area contributed by atoms with Crippen molar-refractivity contribution in [3.8, 4) is 0 Å². The van der Waals surface area contributed by atoms with Crippen molar-refractivity contribution in [3.05, 3.63) is 34.1 Å². The molecule has 1 aliphatic carbocycles. The lowest BCUT2D eigenvalue weighted by atomic mass is 10.2. The maximum absolute atomic E-state index is 13.5. The van der Waals surface area contributed by atoms with Crippen LogP contribution in [0.2, 0.25) is 0 Å². The summed E-state index contributed by atoms with van der Waals surface area (Å²) in [5.41, 5.74) is -0.182. The fraction of sp³-hybridized carbons (Fsp3) is 0.538. The molecule has 0 heterocycles. The number of benzene rings is 1. The molecule has 1 aliphatic rings. The van der Waals surface area contributed by atoms with Crippen LogP contribution >= 0.6 is 0 Å². The van der Waals surface area contributed by atoms with E-state index in [1.165, 1.54) is 25.0 Å². The topological polar surface area (TPSA) is 84.6 Å². The van der Waals surface area contributed by atoms with Crippen molar-refractivity contribution in [2.75, 3.05) is 25.1 Å². The number of nitrogens with one attached hydrogen (secondary N) is 1. The maximum atomic E-state index is 13.5. The second-order valence-electron chi connectivity index (χ2n) is 4.94. The van der Waals surface area contributed by atoms with Crippen molar-refractivity contribution in [3.63, 3.8) is 0 Å². The summed E-state index contributed by atoms with van der Waals surface area (Å²) >= 11 is 0. The minimum Gasteiger partial charge on any atom is -0.389 e. The van der Waals surface area contributed by atoms with E-state index in [9.17, 15) is 19.6 Å². The fourth-order valence-corrected chi connectivity index (χ4v) is 1.70. The third kappa shape index (κ3) is 4.43.